The number of hydrogen-bond donors (Lipinski definition) is 5. The summed E-state index contributed by atoms with van der Waals surface area (Å²) in [5.41, 5.74) is 2.21. The fourth-order valence-corrected chi connectivity index (χ4v) is 2.86. The van der Waals surface area contributed by atoms with Crippen molar-refractivity contribution in [3.63, 3.8) is 0 Å². The summed E-state index contributed by atoms with van der Waals surface area (Å²) >= 11 is 0. The van der Waals surface area contributed by atoms with Gasteiger partial charge in [0.2, 0.25) is 11.7 Å². The van der Waals surface area contributed by atoms with Gasteiger partial charge in [-0.15, -0.1) is 10.2 Å². The molecule has 1 aliphatic rings. The Bertz CT molecular complexity index is 873. The van der Waals surface area contributed by atoms with Gasteiger partial charge in [0.25, 0.3) is 5.91 Å². The molecule has 1 aliphatic heterocycles. The summed E-state index contributed by atoms with van der Waals surface area (Å²) < 4.78 is 0. The summed E-state index contributed by atoms with van der Waals surface area (Å²) in [6, 6.07) is 9.00. The normalized spacial score (nSPS) is 17.1. The molecule has 9 heteroatoms. The minimum atomic E-state index is -0.721. The van der Waals surface area contributed by atoms with Gasteiger partial charge in [-0.05, 0) is 18.4 Å². The number of benzene rings is 1. The van der Waals surface area contributed by atoms with Crippen molar-refractivity contribution < 1.29 is 9.59 Å². The van der Waals surface area contributed by atoms with E-state index < -0.39 is 11.9 Å². The number of aromatic amines is 1. The lowest BCUT2D eigenvalue weighted by Crippen LogP contribution is -2.45. The highest BCUT2D eigenvalue weighted by molar-refractivity contribution is 5.97. The molecule has 5 N–H and O–H groups in total. The molecule has 0 saturated carbocycles. The zero-order valence-electron chi connectivity index (χ0n) is 14.9. The maximum Gasteiger partial charge on any atom is 0.289 e. The summed E-state index contributed by atoms with van der Waals surface area (Å²) in [5, 5.41) is 23.6. The van der Waals surface area contributed by atoms with Crippen molar-refractivity contribution in [1.29, 1.82) is 5.41 Å². The first-order valence-corrected chi connectivity index (χ1v) is 8.59. The fourth-order valence-electron chi connectivity index (χ4n) is 2.86. The smallest absolute Gasteiger partial charge is 0.289 e. The largest absolute Gasteiger partial charge is 0.390 e. The highest BCUT2D eigenvalue weighted by Crippen LogP contribution is 2.13. The van der Waals surface area contributed by atoms with E-state index in [2.05, 4.69) is 31.1 Å². The van der Waals surface area contributed by atoms with Gasteiger partial charge in [0.15, 0.2) is 0 Å². The van der Waals surface area contributed by atoms with Crippen LogP contribution in [-0.2, 0) is 11.2 Å². The molecule has 140 valence electrons. The Hall–Kier alpha value is -3.49. The van der Waals surface area contributed by atoms with Crippen LogP contribution in [0.4, 0.5) is 0 Å². The third kappa shape index (κ3) is 4.38. The van der Waals surface area contributed by atoms with Crippen molar-refractivity contribution in [2.24, 2.45) is 0 Å². The maximum atomic E-state index is 12.4. The van der Waals surface area contributed by atoms with Gasteiger partial charge < -0.3 is 26.3 Å². The standard InChI is InChI=1S/C18H21N7O2/c1-20-12-7-8-13(17(26)22-14(12)10-19)21-18(27)16-23-15(24-25-16)9-11-5-3-2-4-6-11/h2-6,10,13,19-20H,7-9H2,1H3,(H,21,27)(H,22,26)(H,23,24,25)/t13-/m1/s1. The molecule has 0 radical (unpaired) electrons. The predicted molar refractivity (Wildman–Crippen MR) is 99.1 cm³/mol. The lowest BCUT2D eigenvalue weighted by Gasteiger charge is -2.14. The van der Waals surface area contributed by atoms with E-state index in [4.69, 9.17) is 5.41 Å². The Morgan fingerprint density at radius 2 is 2.11 bits per heavy atom. The molecule has 3 rings (SSSR count). The molecule has 2 heterocycles. The lowest BCUT2D eigenvalue weighted by molar-refractivity contribution is -0.122. The average molecular weight is 367 g/mol. The highest BCUT2D eigenvalue weighted by atomic mass is 16.2. The van der Waals surface area contributed by atoms with Crippen LogP contribution < -0.4 is 16.0 Å². The molecule has 2 aromatic rings. The Labute approximate surface area is 156 Å². The molecule has 0 saturated heterocycles. The van der Waals surface area contributed by atoms with Crippen LogP contribution in [0.3, 0.4) is 0 Å². The topological polar surface area (TPSA) is 136 Å². The number of rotatable bonds is 6. The summed E-state index contributed by atoms with van der Waals surface area (Å²) in [6.45, 7) is 0. The predicted octanol–water partition coefficient (Wildman–Crippen LogP) is 0.484. The van der Waals surface area contributed by atoms with Crippen LogP contribution in [0.5, 0.6) is 0 Å². The summed E-state index contributed by atoms with van der Waals surface area (Å²) in [5.74, 6) is -0.226. The van der Waals surface area contributed by atoms with Crippen molar-refractivity contribution in [3.05, 3.63) is 58.9 Å². The van der Waals surface area contributed by atoms with E-state index in [1.165, 1.54) is 0 Å². The molecular weight excluding hydrogens is 346 g/mol. The number of H-pyrrole nitrogens is 1. The van der Waals surface area contributed by atoms with E-state index >= 15 is 0 Å². The highest BCUT2D eigenvalue weighted by Gasteiger charge is 2.27. The van der Waals surface area contributed by atoms with Gasteiger partial charge in [-0.1, -0.05) is 30.3 Å². The quantitative estimate of drug-likeness (QED) is 0.473. The molecule has 2 amide bonds. The minimum Gasteiger partial charge on any atom is -0.390 e. The molecule has 0 spiro atoms. The van der Waals surface area contributed by atoms with E-state index in [1.54, 1.807) is 7.05 Å². The second kappa shape index (κ2) is 8.26. The van der Waals surface area contributed by atoms with E-state index in [1.807, 2.05) is 30.3 Å². The number of allylic oxidation sites excluding steroid dienone is 2. The van der Waals surface area contributed by atoms with Crippen molar-refractivity contribution >= 4 is 18.0 Å². The van der Waals surface area contributed by atoms with Gasteiger partial charge in [0.05, 0.1) is 5.70 Å². The van der Waals surface area contributed by atoms with Gasteiger partial charge in [0, 0.05) is 25.4 Å². The van der Waals surface area contributed by atoms with Crippen LogP contribution in [0.2, 0.25) is 0 Å². The molecule has 1 atom stereocenters. The monoisotopic (exact) mass is 367 g/mol. The average Bonchev–Trinajstić information content (AvgIpc) is 3.09. The molecule has 0 aliphatic carbocycles. The number of nitrogens with zero attached hydrogens (tertiary/aromatic N) is 2. The Morgan fingerprint density at radius 1 is 1.33 bits per heavy atom. The number of aromatic nitrogens is 3. The first-order chi connectivity index (χ1) is 13.1. The van der Waals surface area contributed by atoms with Crippen LogP contribution >= 0.6 is 0 Å². The van der Waals surface area contributed by atoms with Crippen LogP contribution in [-0.4, -0.2) is 46.3 Å². The van der Waals surface area contributed by atoms with E-state index in [-0.39, 0.29) is 11.7 Å². The molecular formula is C18H21N7O2. The first kappa shape index (κ1) is 18.3. The number of amides is 2. The number of carbonyl (C=O) groups is 2. The first-order valence-electron chi connectivity index (χ1n) is 8.59. The minimum absolute atomic E-state index is 0.0621. The molecule has 9 nitrogen and oxygen atoms in total. The molecule has 1 aromatic heterocycles. The third-order valence-corrected chi connectivity index (χ3v) is 4.30. The van der Waals surface area contributed by atoms with Crippen molar-refractivity contribution in [3.8, 4) is 0 Å². The van der Waals surface area contributed by atoms with E-state index in [0.717, 1.165) is 17.5 Å². The van der Waals surface area contributed by atoms with Crippen molar-refractivity contribution in [2.45, 2.75) is 25.3 Å². The zero-order chi connectivity index (χ0) is 19.2. The number of carbonyl (C=O) groups excluding carboxylic acids is 2. The number of hydrogen-bond acceptors (Lipinski definition) is 6. The molecule has 0 bridgehead atoms. The van der Waals surface area contributed by atoms with Crippen LogP contribution in [0.1, 0.15) is 34.8 Å². The van der Waals surface area contributed by atoms with Crippen LogP contribution in [0, 0.1) is 5.41 Å². The second-order valence-corrected chi connectivity index (χ2v) is 6.12. The zero-order valence-corrected chi connectivity index (χ0v) is 14.9. The van der Waals surface area contributed by atoms with E-state index in [9.17, 15) is 9.59 Å². The third-order valence-electron chi connectivity index (χ3n) is 4.30. The van der Waals surface area contributed by atoms with Crippen LogP contribution in [0.25, 0.3) is 0 Å². The molecule has 27 heavy (non-hydrogen) atoms. The number of nitrogens with one attached hydrogen (secondary N) is 5. The van der Waals surface area contributed by atoms with Gasteiger partial charge in [-0.3, -0.25) is 9.59 Å². The van der Waals surface area contributed by atoms with Gasteiger partial charge >= 0.3 is 0 Å². The molecule has 1 aromatic carbocycles. The molecule has 0 fully saturated rings. The maximum absolute atomic E-state index is 12.4. The Kier molecular flexibility index (Phi) is 5.60. The van der Waals surface area contributed by atoms with Gasteiger partial charge in [0.1, 0.15) is 11.9 Å². The summed E-state index contributed by atoms with van der Waals surface area (Å²) in [6.07, 6.45) is 2.56. The van der Waals surface area contributed by atoms with Crippen molar-refractivity contribution in [1.82, 2.24) is 31.1 Å². The Balaban J connectivity index is 1.64. The second-order valence-electron chi connectivity index (χ2n) is 6.12. The van der Waals surface area contributed by atoms with Gasteiger partial charge in [-0.25, -0.2) is 0 Å². The summed E-state index contributed by atoms with van der Waals surface area (Å²) in [4.78, 5) is 27.7. The summed E-state index contributed by atoms with van der Waals surface area (Å²) in [7, 11) is 1.73. The van der Waals surface area contributed by atoms with Crippen molar-refractivity contribution in [2.75, 3.05) is 7.05 Å². The molecule has 0 unspecified atom stereocenters. The van der Waals surface area contributed by atoms with Crippen LogP contribution in [0.15, 0.2) is 41.7 Å². The van der Waals surface area contributed by atoms with E-state index in [0.29, 0.717) is 30.8 Å². The van der Waals surface area contributed by atoms with Gasteiger partial charge in [-0.2, -0.15) is 0 Å². The SMILES string of the molecule is CNC1=C(C=N)NC(=O)[C@H](NC(=O)c2nnc(Cc3ccccc3)[nH]2)CC1. The lowest BCUT2D eigenvalue weighted by atomic mass is 10.1. The Morgan fingerprint density at radius 3 is 2.81 bits per heavy atom. The fraction of sp³-hybridized carbons (Fsp3) is 0.278.